The quantitative estimate of drug-likeness (QED) is 0.288. The predicted molar refractivity (Wildman–Crippen MR) is 146 cm³/mol. The van der Waals surface area contributed by atoms with Crippen molar-refractivity contribution in [2.45, 2.75) is 52.1 Å². The van der Waals surface area contributed by atoms with E-state index in [9.17, 15) is 19.6 Å². The molecule has 0 bridgehead atoms. The van der Waals surface area contributed by atoms with Crippen molar-refractivity contribution in [3.05, 3.63) is 102 Å². The molecular weight excluding hydrogens is 465 g/mol. The Morgan fingerprint density at radius 3 is 2.11 bits per heavy atom. The van der Waals surface area contributed by atoms with Crippen molar-refractivity contribution in [1.29, 1.82) is 0 Å². The molecule has 7 heteroatoms. The van der Waals surface area contributed by atoms with Crippen molar-refractivity contribution in [1.82, 2.24) is 5.32 Å². The molecule has 0 radical (unpaired) electrons. The van der Waals surface area contributed by atoms with E-state index in [0.29, 0.717) is 25.2 Å². The summed E-state index contributed by atoms with van der Waals surface area (Å²) < 4.78 is 5.89. The van der Waals surface area contributed by atoms with Gasteiger partial charge in [-0.15, -0.1) is 0 Å². The lowest BCUT2D eigenvalue weighted by molar-refractivity contribution is -0.129. The summed E-state index contributed by atoms with van der Waals surface area (Å²) in [6.45, 7) is 4.33. The zero-order valence-corrected chi connectivity index (χ0v) is 21.5. The molecule has 0 spiro atoms. The second-order valence-electron chi connectivity index (χ2n) is 9.89. The highest BCUT2D eigenvalue weighted by Crippen LogP contribution is 2.19. The second kappa shape index (κ2) is 14.4. The first-order valence-corrected chi connectivity index (χ1v) is 12.8. The fourth-order valence-corrected chi connectivity index (χ4v) is 4.28. The van der Waals surface area contributed by atoms with Gasteiger partial charge in [-0.2, -0.15) is 0 Å². The number of carbonyl (C=O) groups excluding carboxylic acids is 2. The van der Waals surface area contributed by atoms with Crippen LogP contribution in [-0.4, -0.2) is 34.8 Å². The Hall–Kier alpha value is -3.42. The van der Waals surface area contributed by atoms with Crippen LogP contribution < -0.4 is 10.1 Å². The number of rotatable bonds is 14. The monoisotopic (exact) mass is 501 g/mol. The number of hydrogen-bond acceptors (Lipinski definition) is 5. The van der Waals surface area contributed by atoms with Gasteiger partial charge in [-0.25, -0.2) is 0 Å². The number of ketones is 1. The molecule has 3 rings (SSSR count). The van der Waals surface area contributed by atoms with E-state index in [1.165, 1.54) is 0 Å². The van der Waals surface area contributed by atoms with E-state index in [4.69, 9.17) is 4.74 Å². The molecule has 0 aliphatic rings. The third kappa shape index (κ3) is 9.87. The summed E-state index contributed by atoms with van der Waals surface area (Å²) in [5.41, 5.74) is 2.82. The zero-order chi connectivity index (χ0) is 26.6. The summed E-state index contributed by atoms with van der Waals surface area (Å²) in [5.74, 6) is -0.990. The highest BCUT2D eigenvalue weighted by molar-refractivity contribution is 6.43. The van der Waals surface area contributed by atoms with Gasteiger partial charge in [0, 0.05) is 18.8 Å². The maximum atomic E-state index is 13.2. The maximum Gasteiger partial charge on any atom is 0.475 e. The van der Waals surface area contributed by atoms with E-state index < -0.39 is 19.0 Å². The molecule has 1 amide bonds. The van der Waals surface area contributed by atoms with Gasteiger partial charge in [-0.1, -0.05) is 86.6 Å². The largest absolute Gasteiger partial charge is 0.489 e. The summed E-state index contributed by atoms with van der Waals surface area (Å²) in [6, 6.07) is 26.8. The molecule has 0 saturated heterocycles. The summed E-state index contributed by atoms with van der Waals surface area (Å²) in [7, 11) is -1.67. The molecule has 37 heavy (non-hydrogen) atoms. The summed E-state index contributed by atoms with van der Waals surface area (Å²) >= 11 is 0. The van der Waals surface area contributed by atoms with Crippen molar-refractivity contribution in [3.63, 3.8) is 0 Å². The standard InChI is InChI=1S/C30H36BNO5/c1-22(2)16-29(31(35)36)32-30(34)26(17-23-10-5-3-6-11-23)20-27(33)18-25-14-9-15-28(19-25)37-21-24-12-7-4-8-13-24/h3-15,19,22,26,29,35-36H,16-18,20-21H2,1-2H3,(H,32,34)/t26-,29+/m1/s1. The van der Waals surface area contributed by atoms with Gasteiger partial charge in [0.2, 0.25) is 5.91 Å². The van der Waals surface area contributed by atoms with Crippen molar-refractivity contribution in [2.75, 3.05) is 0 Å². The van der Waals surface area contributed by atoms with Crippen LogP contribution in [0.2, 0.25) is 0 Å². The Kier molecular flexibility index (Phi) is 10.9. The van der Waals surface area contributed by atoms with Gasteiger partial charge in [-0.05, 0) is 47.6 Å². The first-order chi connectivity index (χ1) is 17.8. The average Bonchev–Trinajstić information content (AvgIpc) is 2.88. The topological polar surface area (TPSA) is 95.9 Å². The number of hydrogen-bond donors (Lipinski definition) is 3. The smallest absolute Gasteiger partial charge is 0.475 e. The minimum absolute atomic E-state index is 0.0474. The molecule has 6 nitrogen and oxygen atoms in total. The second-order valence-corrected chi connectivity index (χ2v) is 9.89. The van der Waals surface area contributed by atoms with Crippen LogP contribution in [0, 0.1) is 11.8 Å². The molecule has 0 aliphatic carbocycles. The van der Waals surface area contributed by atoms with Gasteiger partial charge in [0.25, 0.3) is 0 Å². The Morgan fingerprint density at radius 1 is 0.865 bits per heavy atom. The Morgan fingerprint density at radius 2 is 1.49 bits per heavy atom. The van der Waals surface area contributed by atoms with Gasteiger partial charge in [0.15, 0.2) is 0 Å². The molecule has 0 aliphatic heterocycles. The lowest BCUT2D eigenvalue weighted by atomic mass is 9.74. The van der Waals surface area contributed by atoms with Crippen LogP contribution in [0.3, 0.4) is 0 Å². The molecule has 194 valence electrons. The fourth-order valence-electron chi connectivity index (χ4n) is 4.28. The molecular formula is C30H36BNO5. The summed E-state index contributed by atoms with van der Waals surface area (Å²) in [5, 5.41) is 22.3. The van der Waals surface area contributed by atoms with Gasteiger partial charge in [-0.3, -0.25) is 9.59 Å². The molecule has 3 aromatic carbocycles. The minimum atomic E-state index is -1.67. The summed E-state index contributed by atoms with van der Waals surface area (Å²) in [6.07, 6.45) is 1.03. The number of nitrogens with one attached hydrogen (secondary N) is 1. The Labute approximate surface area is 219 Å². The van der Waals surface area contributed by atoms with Gasteiger partial charge < -0.3 is 20.1 Å². The molecule has 3 N–H and O–H groups in total. The lowest BCUT2D eigenvalue weighted by Crippen LogP contribution is -2.49. The number of carbonyl (C=O) groups is 2. The Balaban J connectivity index is 1.66. The lowest BCUT2D eigenvalue weighted by Gasteiger charge is -2.23. The van der Waals surface area contributed by atoms with Crippen LogP contribution >= 0.6 is 0 Å². The maximum absolute atomic E-state index is 13.2. The van der Waals surface area contributed by atoms with Crippen molar-refractivity contribution < 1.29 is 24.4 Å². The molecule has 0 fully saturated rings. The van der Waals surface area contributed by atoms with E-state index in [-0.39, 0.29) is 30.4 Å². The number of ether oxygens (including phenoxy) is 1. The van der Waals surface area contributed by atoms with Crippen LogP contribution in [0.25, 0.3) is 0 Å². The molecule has 2 atom stereocenters. The van der Waals surface area contributed by atoms with E-state index in [1.807, 2.05) is 98.8 Å². The SMILES string of the molecule is CC(C)C[C@H](NC(=O)[C@@H](CC(=O)Cc1cccc(OCc2ccccc2)c1)Cc1ccccc1)B(O)O. The average molecular weight is 501 g/mol. The summed E-state index contributed by atoms with van der Waals surface area (Å²) in [4.78, 5) is 26.3. The normalized spacial score (nSPS) is 12.6. The minimum Gasteiger partial charge on any atom is -0.489 e. The Bertz CT molecular complexity index is 1120. The fraction of sp³-hybridized carbons (Fsp3) is 0.333. The number of benzene rings is 3. The van der Waals surface area contributed by atoms with E-state index in [2.05, 4.69) is 5.32 Å². The molecule has 0 saturated carbocycles. The zero-order valence-electron chi connectivity index (χ0n) is 21.5. The van der Waals surface area contributed by atoms with Crippen LogP contribution in [0.5, 0.6) is 5.75 Å². The number of amides is 1. The molecule has 3 aromatic rings. The predicted octanol–water partition coefficient (Wildman–Crippen LogP) is 4.17. The highest BCUT2D eigenvalue weighted by Gasteiger charge is 2.30. The molecule has 0 heterocycles. The third-order valence-corrected chi connectivity index (χ3v) is 6.13. The van der Waals surface area contributed by atoms with Crippen molar-refractivity contribution >= 4 is 18.8 Å². The van der Waals surface area contributed by atoms with E-state index in [0.717, 1.165) is 16.7 Å². The van der Waals surface area contributed by atoms with Crippen LogP contribution in [0.4, 0.5) is 0 Å². The van der Waals surface area contributed by atoms with Crippen LogP contribution in [0.1, 0.15) is 43.4 Å². The first-order valence-electron chi connectivity index (χ1n) is 12.8. The van der Waals surface area contributed by atoms with E-state index in [1.54, 1.807) is 0 Å². The van der Waals surface area contributed by atoms with Gasteiger partial charge >= 0.3 is 7.12 Å². The van der Waals surface area contributed by atoms with Crippen LogP contribution in [0.15, 0.2) is 84.9 Å². The first kappa shape index (κ1) is 28.2. The van der Waals surface area contributed by atoms with E-state index >= 15 is 0 Å². The van der Waals surface area contributed by atoms with Gasteiger partial charge in [0.05, 0.1) is 5.94 Å². The van der Waals surface area contributed by atoms with Crippen LogP contribution in [-0.2, 0) is 29.0 Å². The van der Waals surface area contributed by atoms with Crippen molar-refractivity contribution in [2.24, 2.45) is 11.8 Å². The highest BCUT2D eigenvalue weighted by atomic mass is 16.5. The van der Waals surface area contributed by atoms with Gasteiger partial charge in [0.1, 0.15) is 18.1 Å². The van der Waals surface area contributed by atoms with Crippen molar-refractivity contribution in [3.8, 4) is 5.75 Å². The third-order valence-electron chi connectivity index (χ3n) is 6.13. The molecule has 0 unspecified atom stereocenters. The number of Topliss-reactive ketones (excluding diaryl/α,β-unsaturated/α-hetero) is 1. The molecule has 0 aromatic heterocycles.